The second kappa shape index (κ2) is 2.70. The van der Waals surface area contributed by atoms with Gasteiger partial charge in [0.1, 0.15) is 0 Å². The van der Waals surface area contributed by atoms with Gasteiger partial charge in [-0.3, -0.25) is 4.79 Å². The highest BCUT2D eigenvalue weighted by Crippen LogP contribution is 2.68. The SMILES string of the molecule is CC(C)=CC(=O)C1C(C)(C)C1(C)C. The molecule has 0 aromatic rings. The van der Waals surface area contributed by atoms with Gasteiger partial charge in [-0.05, 0) is 30.8 Å². The fourth-order valence-electron chi connectivity index (χ4n) is 2.28. The summed E-state index contributed by atoms with van der Waals surface area (Å²) in [5.41, 5.74) is 1.45. The summed E-state index contributed by atoms with van der Waals surface area (Å²) in [6.07, 6.45) is 1.78. The molecule has 0 amide bonds. The van der Waals surface area contributed by atoms with Crippen LogP contribution in [0.25, 0.3) is 0 Å². The minimum Gasteiger partial charge on any atom is -0.295 e. The van der Waals surface area contributed by atoms with Crippen molar-refractivity contribution in [1.82, 2.24) is 0 Å². The third-order valence-corrected chi connectivity index (χ3v) is 3.74. The number of hydrogen-bond donors (Lipinski definition) is 0. The van der Waals surface area contributed by atoms with E-state index in [1.165, 1.54) is 0 Å². The van der Waals surface area contributed by atoms with Gasteiger partial charge in [0.25, 0.3) is 0 Å². The highest BCUT2D eigenvalue weighted by atomic mass is 16.1. The lowest BCUT2D eigenvalue weighted by molar-refractivity contribution is -0.116. The zero-order valence-electron chi connectivity index (χ0n) is 9.56. The Morgan fingerprint density at radius 3 is 1.69 bits per heavy atom. The first-order valence-electron chi connectivity index (χ1n) is 4.90. The fourth-order valence-corrected chi connectivity index (χ4v) is 2.28. The van der Waals surface area contributed by atoms with E-state index in [9.17, 15) is 4.79 Å². The molecule has 0 N–H and O–H groups in total. The first-order chi connectivity index (χ1) is 5.71. The first-order valence-corrected chi connectivity index (χ1v) is 4.90. The fraction of sp³-hybridized carbons (Fsp3) is 0.750. The lowest BCUT2D eigenvalue weighted by Crippen LogP contribution is -2.03. The molecule has 0 unspecified atom stereocenters. The van der Waals surface area contributed by atoms with E-state index in [0.717, 1.165) is 5.57 Å². The van der Waals surface area contributed by atoms with E-state index in [1.807, 2.05) is 13.8 Å². The van der Waals surface area contributed by atoms with Gasteiger partial charge in [-0.15, -0.1) is 0 Å². The summed E-state index contributed by atoms with van der Waals surface area (Å²) in [5, 5.41) is 0. The van der Waals surface area contributed by atoms with Crippen LogP contribution in [0.4, 0.5) is 0 Å². The van der Waals surface area contributed by atoms with Gasteiger partial charge >= 0.3 is 0 Å². The van der Waals surface area contributed by atoms with E-state index < -0.39 is 0 Å². The van der Waals surface area contributed by atoms with Gasteiger partial charge in [0, 0.05) is 5.92 Å². The summed E-state index contributed by atoms with van der Waals surface area (Å²) >= 11 is 0. The lowest BCUT2D eigenvalue weighted by Gasteiger charge is -2.03. The topological polar surface area (TPSA) is 17.1 Å². The Hall–Kier alpha value is -0.590. The van der Waals surface area contributed by atoms with Crippen LogP contribution in [0.5, 0.6) is 0 Å². The highest BCUT2D eigenvalue weighted by molar-refractivity contribution is 5.96. The zero-order valence-corrected chi connectivity index (χ0v) is 9.56. The second-order valence-electron chi connectivity index (χ2n) is 5.50. The number of hydrogen-bond acceptors (Lipinski definition) is 1. The number of allylic oxidation sites excluding steroid dienone is 2. The van der Waals surface area contributed by atoms with Crippen molar-refractivity contribution in [3.63, 3.8) is 0 Å². The summed E-state index contributed by atoms with van der Waals surface area (Å²) in [5.74, 6) is 0.518. The van der Waals surface area contributed by atoms with Crippen molar-refractivity contribution in [2.75, 3.05) is 0 Å². The number of carbonyl (C=O) groups is 1. The molecule has 0 bridgehead atoms. The smallest absolute Gasteiger partial charge is 0.159 e. The normalized spacial score (nSPS) is 23.8. The van der Waals surface area contributed by atoms with Gasteiger partial charge in [-0.25, -0.2) is 0 Å². The van der Waals surface area contributed by atoms with Crippen LogP contribution in [-0.4, -0.2) is 5.78 Å². The molecule has 0 aromatic carbocycles. The molecule has 1 nitrogen and oxygen atoms in total. The van der Waals surface area contributed by atoms with E-state index in [0.29, 0.717) is 5.78 Å². The summed E-state index contributed by atoms with van der Waals surface area (Å²) in [7, 11) is 0. The Bertz CT molecular complexity index is 251. The van der Waals surface area contributed by atoms with E-state index in [2.05, 4.69) is 27.7 Å². The molecular weight excluding hydrogens is 160 g/mol. The largest absolute Gasteiger partial charge is 0.295 e. The molecule has 13 heavy (non-hydrogen) atoms. The Balaban J connectivity index is 2.80. The molecule has 1 heteroatoms. The van der Waals surface area contributed by atoms with Gasteiger partial charge in [-0.2, -0.15) is 0 Å². The molecule has 1 aliphatic carbocycles. The maximum Gasteiger partial charge on any atom is 0.159 e. The van der Waals surface area contributed by atoms with Crippen molar-refractivity contribution in [1.29, 1.82) is 0 Å². The van der Waals surface area contributed by atoms with Gasteiger partial charge in [0.2, 0.25) is 0 Å². The van der Waals surface area contributed by atoms with E-state index in [1.54, 1.807) is 6.08 Å². The molecule has 0 heterocycles. The zero-order chi connectivity index (χ0) is 10.4. The minimum atomic E-state index is 0.177. The second-order valence-corrected chi connectivity index (χ2v) is 5.50. The molecule has 1 aliphatic rings. The third-order valence-electron chi connectivity index (χ3n) is 3.74. The standard InChI is InChI=1S/C12H20O/c1-8(2)7-9(13)10-11(3,4)12(10,5)6/h7,10H,1-6H3. The molecule has 1 rings (SSSR count). The van der Waals surface area contributed by atoms with E-state index >= 15 is 0 Å². The van der Waals surface area contributed by atoms with Crippen LogP contribution in [0, 0.1) is 16.7 Å². The maximum absolute atomic E-state index is 11.8. The van der Waals surface area contributed by atoms with Gasteiger partial charge < -0.3 is 0 Å². The molecule has 0 aromatic heterocycles. The van der Waals surface area contributed by atoms with Crippen molar-refractivity contribution in [2.45, 2.75) is 41.5 Å². The van der Waals surface area contributed by atoms with Gasteiger partial charge in [-0.1, -0.05) is 33.3 Å². The van der Waals surface area contributed by atoms with Crippen molar-refractivity contribution in [3.8, 4) is 0 Å². The molecule has 1 saturated carbocycles. The van der Waals surface area contributed by atoms with Crippen LogP contribution < -0.4 is 0 Å². The molecular formula is C12H20O. The summed E-state index contributed by atoms with van der Waals surface area (Å²) in [6.45, 7) is 12.6. The molecule has 1 fully saturated rings. The van der Waals surface area contributed by atoms with Crippen molar-refractivity contribution < 1.29 is 4.79 Å². The summed E-state index contributed by atoms with van der Waals surface area (Å²) in [6, 6.07) is 0. The lowest BCUT2D eigenvalue weighted by atomic mass is 10.0. The van der Waals surface area contributed by atoms with Crippen molar-refractivity contribution >= 4 is 5.78 Å². The summed E-state index contributed by atoms with van der Waals surface area (Å²) < 4.78 is 0. The monoisotopic (exact) mass is 180 g/mol. The van der Waals surface area contributed by atoms with Crippen LogP contribution in [0.1, 0.15) is 41.5 Å². The summed E-state index contributed by atoms with van der Waals surface area (Å²) in [4.78, 5) is 11.8. The molecule has 74 valence electrons. The number of ketones is 1. The maximum atomic E-state index is 11.8. The highest BCUT2D eigenvalue weighted by Gasteiger charge is 2.67. The van der Waals surface area contributed by atoms with Crippen LogP contribution in [0.15, 0.2) is 11.6 Å². The van der Waals surface area contributed by atoms with Crippen molar-refractivity contribution in [2.24, 2.45) is 16.7 Å². The van der Waals surface area contributed by atoms with Crippen LogP contribution in [0.2, 0.25) is 0 Å². The number of carbonyl (C=O) groups excluding carboxylic acids is 1. The van der Waals surface area contributed by atoms with E-state index in [4.69, 9.17) is 0 Å². The van der Waals surface area contributed by atoms with Crippen LogP contribution >= 0.6 is 0 Å². The average Bonchev–Trinajstić information content (AvgIpc) is 2.20. The Kier molecular flexibility index (Phi) is 2.18. The van der Waals surface area contributed by atoms with E-state index in [-0.39, 0.29) is 16.7 Å². The molecule has 0 saturated heterocycles. The number of rotatable bonds is 2. The Morgan fingerprint density at radius 2 is 1.46 bits per heavy atom. The Morgan fingerprint density at radius 1 is 1.08 bits per heavy atom. The van der Waals surface area contributed by atoms with Gasteiger partial charge in [0.05, 0.1) is 0 Å². The predicted octanol–water partition coefficient (Wildman–Crippen LogP) is 3.20. The average molecular weight is 180 g/mol. The molecule has 0 radical (unpaired) electrons. The van der Waals surface area contributed by atoms with Crippen LogP contribution in [-0.2, 0) is 4.79 Å². The van der Waals surface area contributed by atoms with Gasteiger partial charge in [0.15, 0.2) is 5.78 Å². The van der Waals surface area contributed by atoms with Crippen molar-refractivity contribution in [3.05, 3.63) is 11.6 Å². The quantitative estimate of drug-likeness (QED) is 0.596. The predicted molar refractivity (Wildman–Crippen MR) is 55.5 cm³/mol. The molecule has 0 spiro atoms. The third kappa shape index (κ3) is 1.45. The minimum absolute atomic E-state index is 0.177. The Labute approximate surface area is 81.2 Å². The first kappa shape index (κ1) is 10.5. The van der Waals surface area contributed by atoms with Crippen LogP contribution in [0.3, 0.4) is 0 Å². The molecule has 0 aliphatic heterocycles. The molecule has 0 atom stereocenters.